The molecule has 33 heavy (non-hydrogen) atoms. The van der Waals surface area contributed by atoms with Crippen LogP contribution in [0.3, 0.4) is 0 Å². The van der Waals surface area contributed by atoms with Crippen LogP contribution in [-0.4, -0.2) is 89.4 Å². The van der Waals surface area contributed by atoms with Crippen LogP contribution in [-0.2, 0) is 11.2 Å². The number of aliphatic hydroxyl groups is 5. The van der Waals surface area contributed by atoms with Crippen LogP contribution in [0, 0.1) is 0 Å². The predicted octanol–water partition coefficient (Wildman–Crippen LogP) is -1.28. The summed E-state index contributed by atoms with van der Waals surface area (Å²) in [6, 6.07) is 4.98. The minimum Gasteiger partial charge on any atom is -0.504 e. The topological polar surface area (TPSA) is 210 Å². The van der Waals surface area contributed by atoms with E-state index in [1.165, 1.54) is 18.2 Å². The first-order chi connectivity index (χ1) is 15.6. The number of hydrogen-bond donors (Lipinski definition) is 9. The summed E-state index contributed by atoms with van der Waals surface area (Å²) in [6.45, 7) is -0.693. The number of aliphatic hydroxyl groups excluding tert-OH is 5. The van der Waals surface area contributed by atoms with Gasteiger partial charge in [-0.2, -0.15) is 0 Å². The molecule has 2 aromatic carbocycles. The maximum absolute atomic E-state index is 10.7. The summed E-state index contributed by atoms with van der Waals surface area (Å²) in [7, 11) is 0. The molecular weight excluding hydrogens is 444 g/mol. The maximum atomic E-state index is 10.7. The number of benzene rings is 2. The zero-order valence-electron chi connectivity index (χ0n) is 17.0. The molecule has 2 unspecified atom stereocenters. The van der Waals surface area contributed by atoms with Gasteiger partial charge in [0.2, 0.25) is 12.0 Å². The molecule has 7 atom stereocenters. The Bertz CT molecular complexity index is 1020. The van der Waals surface area contributed by atoms with Crippen molar-refractivity contribution in [1.29, 1.82) is 0 Å². The van der Waals surface area contributed by atoms with Crippen molar-refractivity contribution in [3.05, 3.63) is 35.4 Å². The second kappa shape index (κ2) is 8.74. The largest absolute Gasteiger partial charge is 0.504 e. The Hall–Kier alpha value is -3.00. The Morgan fingerprint density at radius 2 is 1.61 bits per heavy atom. The zero-order chi connectivity index (χ0) is 24.0. The molecule has 0 radical (unpaired) electrons. The van der Waals surface area contributed by atoms with E-state index >= 15 is 0 Å². The summed E-state index contributed by atoms with van der Waals surface area (Å²) in [6.07, 6.45) is -10.4. The smallest absolute Gasteiger partial charge is 0.229 e. The number of aromatic hydroxyl groups is 4. The molecule has 0 aromatic heterocycles. The lowest BCUT2D eigenvalue weighted by atomic mass is 9.93. The highest BCUT2D eigenvalue weighted by Gasteiger charge is 2.45. The van der Waals surface area contributed by atoms with Crippen molar-refractivity contribution in [3.8, 4) is 34.5 Å². The molecular formula is C21H24O12. The third kappa shape index (κ3) is 4.08. The minimum absolute atomic E-state index is 0.00835. The van der Waals surface area contributed by atoms with Gasteiger partial charge in [-0.1, -0.05) is 6.07 Å². The van der Waals surface area contributed by atoms with Crippen molar-refractivity contribution >= 4 is 0 Å². The fraction of sp³-hybridized carbons (Fsp3) is 0.429. The van der Waals surface area contributed by atoms with Crippen LogP contribution in [0.5, 0.6) is 34.5 Å². The molecule has 12 nitrogen and oxygen atoms in total. The molecule has 0 aliphatic carbocycles. The SMILES string of the molecule is OC[C@H]1O[C@@H](Oc2c(O)cc3c(c2O)CC(O)C(c2ccc(O)c(O)c2)O3)[C@H](O)[C@@H](O)[C@H]1O. The molecule has 180 valence electrons. The molecule has 2 heterocycles. The average molecular weight is 468 g/mol. The fourth-order valence-electron chi connectivity index (χ4n) is 3.89. The first kappa shape index (κ1) is 23.2. The molecule has 1 saturated heterocycles. The van der Waals surface area contributed by atoms with Gasteiger partial charge < -0.3 is 60.2 Å². The molecule has 0 saturated carbocycles. The number of phenolic OH excluding ortho intramolecular Hbond substituents is 4. The first-order valence-corrected chi connectivity index (χ1v) is 10.0. The van der Waals surface area contributed by atoms with E-state index in [0.717, 1.165) is 6.07 Å². The van der Waals surface area contributed by atoms with Crippen molar-refractivity contribution < 1.29 is 60.2 Å². The molecule has 2 aliphatic heterocycles. The van der Waals surface area contributed by atoms with E-state index in [0.29, 0.717) is 5.56 Å². The fourth-order valence-corrected chi connectivity index (χ4v) is 3.89. The summed E-state index contributed by atoms with van der Waals surface area (Å²) in [5.41, 5.74) is 0.406. The van der Waals surface area contributed by atoms with Crippen LogP contribution < -0.4 is 9.47 Å². The second-order valence-electron chi connectivity index (χ2n) is 7.92. The Kier molecular flexibility index (Phi) is 6.14. The minimum atomic E-state index is -1.77. The van der Waals surface area contributed by atoms with Crippen molar-refractivity contribution in [3.63, 3.8) is 0 Å². The third-order valence-corrected chi connectivity index (χ3v) is 5.73. The van der Waals surface area contributed by atoms with Crippen molar-refractivity contribution in [1.82, 2.24) is 0 Å². The molecule has 2 aromatic rings. The highest BCUT2D eigenvalue weighted by molar-refractivity contribution is 5.61. The standard InChI is InChI=1S/C21H24O12/c22-6-14-16(28)17(29)18(30)21(32-14)33-20-12(26)5-13-8(15(20)27)4-11(25)19(31-13)7-1-2-9(23)10(24)3-7/h1-3,5,11,14,16-19,21-30H,4,6H2/t11?,14-,16+,17+,18-,19?,21+/m1/s1. The van der Waals surface area contributed by atoms with Crippen LogP contribution in [0.15, 0.2) is 24.3 Å². The van der Waals surface area contributed by atoms with Crippen LogP contribution in [0.2, 0.25) is 0 Å². The monoisotopic (exact) mass is 468 g/mol. The van der Waals surface area contributed by atoms with Crippen LogP contribution >= 0.6 is 0 Å². The molecule has 9 N–H and O–H groups in total. The van der Waals surface area contributed by atoms with Crippen molar-refractivity contribution in [2.75, 3.05) is 6.61 Å². The van der Waals surface area contributed by atoms with E-state index in [-0.39, 0.29) is 23.5 Å². The summed E-state index contributed by atoms with van der Waals surface area (Å²) in [5, 5.41) is 90.1. The Labute approximate surface area is 186 Å². The van der Waals surface area contributed by atoms with E-state index in [1.54, 1.807) is 0 Å². The lowest BCUT2D eigenvalue weighted by molar-refractivity contribution is -0.277. The lowest BCUT2D eigenvalue weighted by Crippen LogP contribution is -2.60. The zero-order valence-corrected chi connectivity index (χ0v) is 17.0. The van der Waals surface area contributed by atoms with Gasteiger partial charge in [0.1, 0.15) is 36.3 Å². The van der Waals surface area contributed by atoms with E-state index in [1.807, 2.05) is 0 Å². The van der Waals surface area contributed by atoms with Crippen LogP contribution in [0.25, 0.3) is 0 Å². The molecule has 12 heteroatoms. The number of rotatable bonds is 4. The van der Waals surface area contributed by atoms with Gasteiger partial charge in [-0.15, -0.1) is 0 Å². The van der Waals surface area contributed by atoms with E-state index in [4.69, 9.17) is 14.2 Å². The average Bonchev–Trinajstić information content (AvgIpc) is 2.78. The second-order valence-corrected chi connectivity index (χ2v) is 7.92. The van der Waals surface area contributed by atoms with E-state index in [2.05, 4.69) is 0 Å². The third-order valence-electron chi connectivity index (χ3n) is 5.73. The lowest BCUT2D eigenvalue weighted by Gasteiger charge is -2.39. The van der Waals surface area contributed by atoms with Gasteiger partial charge in [0.25, 0.3) is 0 Å². The van der Waals surface area contributed by atoms with Crippen molar-refractivity contribution in [2.45, 2.75) is 49.3 Å². The van der Waals surface area contributed by atoms with Gasteiger partial charge in [0.05, 0.1) is 12.7 Å². The molecule has 1 fully saturated rings. The summed E-state index contributed by atoms with van der Waals surface area (Å²) < 4.78 is 16.3. The summed E-state index contributed by atoms with van der Waals surface area (Å²) in [5.74, 6) is -2.53. The van der Waals surface area contributed by atoms with Crippen LogP contribution in [0.1, 0.15) is 17.2 Å². The number of hydrogen-bond acceptors (Lipinski definition) is 12. The Morgan fingerprint density at radius 1 is 0.879 bits per heavy atom. The van der Waals surface area contributed by atoms with Crippen LogP contribution in [0.4, 0.5) is 0 Å². The molecule has 4 rings (SSSR count). The van der Waals surface area contributed by atoms with E-state index < -0.39 is 72.5 Å². The van der Waals surface area contributed by atoms with Gasteiger partial charge in [0.15, 0.2) is 23.0 Å². The Morgan fingerprint density at radius 3 is 2.27 bits per heavy atom. The van der Waals surface area contributed by atoms with E-state index in [9.17, 15) is 46.0 Å². The number of phenols is 4. The van der Waals surface area contributed by atoms with Gasteiger partial charge in [-0.25, -0.2) is 0 Å². The van der Waals surface area contributed by atoms with Gasteiger partial charge >= 0.3 is 0 Å². The highest BCUT2D eigenvalue weighted by atomic mass is 16.7. The van der Waals surface area contributed by atoms with Gasteiger partial charge in [0, 0.05) is 18.1 Å². The van der Waals surface area contributed by atoms with Gasteiger partial charge in [-0.05, 0) is 17.7 Å². The maximum Gasteiger partial charge on any atom is 0.229 e. The molecule has 0 spiro atoms. The molecule has 0 amide bonds. The normalized spacial score (nSPS) is 31.5. The highest BCUT2D eigenvalue weighted by Crippen LogP contribution is 2.49. The summed E-state index contributed by atoms with van der Waals surface area (Å²) in [4.78, 5) is 0. The van der Waals surface area contributed by atoms with Crippen molar-refractivity contribution in [2.24, 2.45) is 0 Å². The Balaban J connectivity index is 1.62. The number of ether oxygens (including phenoxy) is 3. The number of fused-ring (bicyclic) bond motifs is 1. The summed E-state index contributed by atoms with van der Waals surface area (Å²) >= 11 is 0. The predicted molar refractivity (Wildman–Crippen MR) is 107 cm³/mol. The first-order valence-electron chi connectivity index (χ1n) is 10.0. The van der Waals surface area contributed by atoms with Gasteiger partial charge in [-0.3, -0.25) is 0 Å². The quantitative estimate of drug-likeness (QED) is 0.240. The molecule has 0 bridgehead atoms. The molecule has 2 aliphatic rings.